The maximum atomic E-state index is 12.5. The molecule has 2 aromatic rings. The first-order chi connectivity index (χ1) is 14.5. The van der Waals surface area contributed by atoms with Crippen LogP contribution in [0.2, 0.25) is 10.0 Å². The van der Waals surface area contributed by atoms with E-state index in [4.69, 9.17) is 32.7 Å². The Labute approximate surface area is 191 Å². The van der Waals surface area contributed by atoms with E-state index < -0.39 is 29.6 Å². The Balaban J connectivity index is 2.07. The minimum absolute atomic E-state index is 0.177. The standard InChI is InChI=1S/C22H24Cl2N2O5/c1-22(2,3)31-21(29)26-17(20(28)30-4)12-13-8-10-14(11-9-13)25-19(27)18-15(23)6-5-7-16(18)24/h5-11,17H,12H2,1-4H3,(H,25,27)(H,26,29)/t17-/m0/s1. The Morgan fingerprint density at radius 1 is 1.00 bits per heavy atom. The van der Waals surface area contributed by atoms with Crippen molar-refractivity contribution >= 4 is 46.9 Å². The predicted molar refractivity (Wildman–Crippen MR) is 120 cm³/mol. The largest absolute Gasteiger partial charge is 0.467 e. The highest BCUT2D eigenvalue weighted by Crippen LogP contribution is 2.25. The van der Waals surface area contributed by atoms with Crippen LogP contribution < -0.4 is 10.6 Å². The zero-order valence-corrected chi connectivity index (χ0v) is 19.1. The van der Waals surface area contributed by atoms with Gasteiger partial charge < -0.3 is 20.1 Å². The quantitative estimate of drug-likeness (QED) is 0.593. The molecule has 0 saturated carbocycles. The van der Waals surface area contributed by atoms with Gasteiger partial charge in [-0.1, -0.05) is 41.4 Å². The van der Waals surface area contributed by atoms with E-state index in [-0.39, 0.29) is 22.0 Å². The lowest BCUT2D eigenvalue weighted by atomic mass is 10.1. The predicted octanol–water partition coefficient (Wildman–Crippen LogP) is 4.85. The normalized spacial score (nSPS) is 11.9. The molecule has 31 heavy (non-hydrogen) atoms. The van der Waals surface area contributed by atoms with Crippen molar-refractivity contribution in [2.75, 3.05) is 12.4 Å². The van der Waals surface area contributed by atoms with Crippen molar-refractivity contribution in [1.82, 2.24) is 5.32 Å². The van der Waals surface area contributed by atoms with E-state index in [1.54, 1.807) is 63.2 Å². The molecular formula is C22H24Cl2N2O5. The molecule has 9 heteroatoms. The Bertz CT molecular complexity index is 935. The van der Waals surface area contributed by atoms with Crippen molar-refractivity contribution in [3.05, 3.63) is 63.6 Å². The number of esters is 1. The summed E-state index contributed by atoms with van der Waals surface area (Å²) < 4.78 is 9.97. The second-order valence-electron chi connectivity index (χ2n) is 7.67. The molecule has 0 spiro atoms. The van der Waals surface area contributed by atoms with Gasteiger partial charge in [0, 0.05) is 12.1 Å². The molecule has 0 aliphatic heterocycles. The first-order valence-corrected chi connectivity index (χ1v) is 10.2. The monoisotopic (exact) mass is 466 g/mol. The van der Waals surface area contributed by atoms with E-state index in [1.165, 1.54) is 7.11 Å². The highest BCUT2D eigenvalue weighted by molar-refractivity contribution is 6.40. The number of ether oxygens (including phenoxy) is 2. The van der Waals surface area contributed by atoms with Crippen molar-refractivity contribution in [2.24, 2.45) is 0 Å². The molecule has 0 radical (unpaired) electrons. The topological polar surface area (TPSA) is 93.7 Å². The number of alkyl carbamates (subject to hydrolysis) is 1. The number of amides is 2. The smallest absolute Gasteiger partial charge is 0.408 e. The third kappa shape index (κ3) is 7.45. The average Bonchev–Trinajstić information content (AvgIpc) is 2.66. The van der Waals surface area contributed by atoms with Gasteiger partial charge in [0.05, 0.1) is 22.7 Å². The molecule has 1 atom stereocenters. The summed E-state index contributed by atoms with van der Waals surface area (Å²) in [5.41, 5.74) is 0.733. The summed E-state index contributed by atoms with van der Waals surface area (Å²) in [7, 11) is 1.24. The van der Waals surface area contributed by atoms with Gasteiger partial charge in [0.2, 0.25) is 0 Å². The summed E-state index contributed by atoms with van der Waals surface area (Å²) in [5.74, 6) is -1.04. The Morgan fingerprint density at radius 2 is 1.58 bits per heavy atom. The number of halogens is 2. The molecule has 2 rings (SSSR count). The van der Waals surface area contributed by atoms with E-state index in [2.05, 4.69) is 10.6 Å². The summed E-state index contributed by atoms with van der Waals surface area (Å²) >= 11 is 12.1. The third-order valence-electron chi connectivity index (χ3n) is 4.02. The number of nitrogens with one attached hydrogen (secondary N) is 2. The number of hydrogen-bond donors (Lipinski definition) is 2. The van der Waals surface area contributed by atoms with Crippen molar-refractivity contribution in [2.45, 2.75) is 38.8 Å². The summed E-state index contributed by atoms with van der Waals surface area (Å²) in [6.45, 7) is 5.17. The fourth-order valence-electron chi connectivity index (χ4n) is 2.65. The number of carbonyl (C=O) groups is 3. The van der Waals surface area contributed by atoms with Gasteiger partial charge >= 0.3 is 12.1 Å². The molecule has 0 bridgehead atoms. The van der Waals surface area contributed by atoms with Crippen LogP contribution in [0.1, 0.15) is 36.7 Å². The lowest BCUT2D eigenvalue weighted by molar-refractivity contribution is -0.143. The van der Waals surface area contributed by atoms with Crippen LogP contribution in [0.3, 0.4) is 0 Å². The molecule has 0 unspecified atom stereocenters. The van der Waals surface area contributed by atoms with Crippen LogP contribution in [0, 0.1) is 0 Å². The van der Waals surface area contributed by atoms with Crippen LogP contribution in [0.5, 0.6) is 0 Å². The fourth-order valence-corrected chi connectivity index (χ4v) is 3.22. The summed E-state index contributed by atoms with van der Waals surface area (Å²) in [6.07, 6.45) is -0.542. The van der Waals surface area contributed by atoms with E-state index >= 15 is 0 Å². The summed E-state index contributed by atoms with van der Waals surface area (Å²) in [5, 5.41) is 5.73. The SMILES string of the molecule is COC(=O)[C@H](Cc1ccc(NC(=O)c2c(Cl)cccc2Cl)cc1)NC(=O)OC(C)(C)C. The van der Waals surface area contributed by atoms with Crippen molar-refractivity contribution in [1.29, 1.82) is 0 Å². The van der Waals surface area contributed by atoms with E-state index in [0.717, 1.165) is 5.56 Å². The van der Waals surface area contributed by atoms with Gasteiger partial charge in [-0.3, -0.25) is 4.79 Å². The van der Waals surface area contributed by atoms with Gasteiger partial charge in [-0.2, -0.15) is 0 Å². The first kappa shape index (κ1) is 24.5. The molecule has 7 nitrogen and oxygen atoms in total. The molecule has 2 amide bonds. The van der Waals surface area contributed by atoms with Gasteiger partial charge in [0.25, 0.3) is 5.91 Å². The van der Waals surface area contributed by atoms with E-state index in [0.29, 0.717) is 5.69 Å². The molecule has 0 aromatic heterocycles. The van der Waals surface area contributed by atoms with Crippen LogP contribution in [0.15, 0.2) is 42.5 Å². The maximum Gasteiger partial charge on any atom is 0.408 e. The van der Waals surface area contributed by atoms with Crippen LogP contribution in [-0.4, -0.2) is 36.7 Å². The zero-order valence-electron chi connectivity index (χ0n) is 17.6. The van der Waals surface area contributed by atoms with Gasteiger partial charge in [0.15, 0.2) is 0 Å². The number of rotatable bonds is 6. The molecule has 0 aliphatic carbocycles. The second-order valence-corrected chi connectivity index (χ2v) is 8.49. The zero-order chi connectivity index (χ0) is 23.2. The van der Waals surface area contributed by atoms with E-state index in [1.807, 2.05) is 0 Å². The number of carbonyl (C=O) groups excluding carboxylic acids is 3. The highest BCUT2D eigenvalue weighted by atomic mass is 35.5. The molecule has 0 saturated heterocycles. The molecule has 0 fully saturated rings. The van der Waals surface area contributed by atoms with Gasteiger partial charge in [0.1, 0.15) is 11.6 Å². The minimum Gasteiger partial charge on any atom is -0.467 e. The van der Waals surface area contributed by atoms with Crippen molar-refractivity contribution in [3.8, 4) is 0 Å². The van der Waals surface area contributed by atoms with Crippen molar-refractivity contribution < 1.29 is 23.9 Å². The van der Waals surface area contributed by atoms with Gasteiger partial charge in [-0.05, 0) is 50.6 Å². The lowest BCUT2D eigenvalue weighted by Crippen LogP contribution is -2.45. The van der Waals surface area contributed by atoms with Gasteiger partial charge in [-0.15, -0.1) is 0 Å². The second kappa shape index (κ2) is 10.5. The van der Waals surface area contributed by atoms with Crippen LogP contribution in [0.25, 0.3) is 0 Å². The molecule has 0 heterocycles. The molecule has 166 valence electrons. The molecular weight excluding hydrogens is 443 g/mol. The number of anilines is 1. The van der Waals surface area contributed by atoms with Crippen LogP contribution in [0.4, 0.5) is 10.5 Å². The van der Waals surface area contributed by atoms with Crippen LogP contribution >= 0.6 is 23.2 Å². The molecule has 2 aromatic carbocycles. The Hall–Kier alpha value is -2.77. The molecule has 2 N–H and O–H groups in total. The number of methoxy groups -OCH3 is 1. The minimum atomic E-state index is -0.928. The third-order valence-corrected chi connectivity index (χ3v) is 4.65. The summed E-state index contributed by atoms with van der Waals surface area (Å²) in [4.78, 5) is 36.6. The van der Waals surface area contributed by atoms with Crippen molar-refractivity contribution in [3.63, 3.8) is 0 Å². The van der Waals surface area contributed by atoms with Crippen LogP contribution in [-0.2, 0) is 20.7 Å². The highest BCUT2D eigenvalue weighted by Gasteiger charge is 2.25. The van der Waals surface area contributed by atoms with Gasteiger partial charge in [-0.25, -0.2) is 9.59 Å². The fraction of sp³-hybridized carbons (Fsp3) is 0.318. The summed E-state index contributed by atoms with van der Waals surface area (Å²) in [6, 6.07) is 10.7. The maximum absolute atomic E-state index is 12.5. The first-order valence-electron chi connectivity index (χ1n) is 9.42. The Morgan fingerprint density at radius 3 is 2.10 bits per heavy atom. The molecule has 0 aliphatic rings. The Kier molecular flexibility index (Phi) is 8.30. The lowest BCUT2D eigenvalue weighted by Gasteiger charge is -2.22. The average molecular weight is 467 g/mol. The number of hydrogen-bond acceptors (Lipinski definition) is 5. The number of benzene rings is 2. The van der Waals surface area contributed by atoms with E-state index in [9.17, 15) is 14.4 Å².